The van der Waals surface area contributed by atoms with E-state index in [1.807, 2.05) is 0 Å². The van der Waals surface area contributed by atoms with Crippen molar-refractivity contribution in [3.05, 3.63) is 35.4 Å². The van der Waals surface area contributed by atoms with Gasteiger partial charge in [-0.25, -0.2) is 8.78 Å². The summed E-state index contributed by atoms with van der Waals surface area (Å²) < 4.78 is 26.9. The van der Waals surface area contributed by atoms with Crippen molar-refractivity contribution in [2.45, 2.75) is 52.7 Å². The molecule has 0 bridgehead atoms. The Hall–Kier alpha value is -1.00. The first-order valence-corrected chi connectivity index (χ1v) is 7.72. The molecule has 2 atom stereocenters. The van der Waals surface area contributed by atoms with E-state index in [2.05, 4.69) is 37.9 Å². The first-order valence-electron chi connectivity index (χ1n) is 7.72. The number of halogens is 2. The number of hydrogen-bond acceptors (Lipinski definition) is 2. The maximum atomic E-state index is 13.9. The van der Waals surface area contributed by atoms with E-state index in [1.165, 1.54) is 6.07 Å². The highest BCUT2D eigenvalue weighted by Crippen LogP contribution is 2.26. The maximum Gasteiger partial charge on any atom is 0.130 e. The lowest BCUT2D eigenvalue weighted by atomic mass is 9.84. The molecule has 2 rings (SSSR count). The van der Waals surface area contributed by atoms with Crippen molar-refractivity contribution >= 4 is 0 Å². The third-order valence-corrected chi connectivity index (χ3v) is 4.44. The minimum absolute atomic E-state index is 0.165. The fourth-order valence-electron chi connectivity index (χ4n) is 2.90. The molecule has 118 valence electrons. The predicted molar refractivity (Wildman–Crippen MR) is 82.1 cm³/mol. The summed E-state index contributed by atoms with van der Waals surface area (Å²) in [6.07, 6.45) is 1.02. The smallest absolute Gasteiger partial charge is 0.130 e. The fourth-order valence-corrected chi connectivity index (χ4v) is 2.90. The molecule has 1 aliphatic rings. The van der Waals surface area contributed by atoms with E-state index in [0.717, 1.165) is 25.6 Å². The lowest BCUT2D eigenvalue weighted by molar-refractivity contribution is 0.0766. The Balaban J connectivity index is 2.14. The van der Waals surface area contributed by atoms with Gasteiger partial charge in [0.15, 0.2) is 0 Å². The Morgan fingerprint density at radius 2 is 2.00 bits per heavy atom. The second-order valence-electron chi connectivity index (χ2n) is 7.05. The molecule has 1 aromatic carbocycles. The minimum Gasteiger partial charge on any atom is -0.311 e. The second-order valence-corrected chi connectivity index (χ2v) is 7.05. The first-order chi connectivity index (χ1) is 9.81. The van der Waals surface area contributed by atoms with Crippen LogP contribution >= 0.6 is 0 Å². The zero-order valence-electron chi connectivity index (χ0n) is 13.4. The van der Waals surface area contributed by atoms with E-state index in [0.29, 0.717) is 24.2 Å². The van der Waals surface area contributed by atoms with Crippen molar-refractivity contribution in [1.82, 2.24) is 10.2 Å². The highest BCUT2D eigenvalue weighted by Gasteiger charge is 2.33. The second kappa shape index (κ2) is 6.41. The van der Waals surface area contributed by atoms with Gasteiger partial charge in [0.2, 0.25) is 0 Å². The van der Waals surface area contributed by atoms with E-state index in [1.54, 1.807) is 6.07 Å². The largest absolute Gasteiger partial charge is 0.311 e. The Labute approximate surface area is 126 Å². The summed E-state index contributed by atoms with van der Waals surface area (Å²) in [6.45, 7) is 11.1. The summed E-state index contributed by atoms with van der Waals surface area (Å²) in [5.74, 6) is -0.966. The average molecular weight is 296 g/mol. The summed E-state index contributed by atoms with van der Waals surface area (Å²) in [6, 6.07) is 4.64. The fraction of sp³-hybridized carbons (Fsp3) is 0.647. The molecule has 0 radical (unpaired) electrons. The molecular formula is C17H26F2N2. The first kappa shape index (κ1) is 16.4. The molecule has 0 saturated carbocycles. The van der Waals surface area contributed by atoms with Crippen LogP contribution in [0.25, 0.3) is 0 Å². The normalized spacial score (nSPS) is 24.3. The van der Waals surface area contributed by atoms with Gasteiger partial charge >= 0.3 is 0 Å². The molecule has 1 N–H and O–H groups in total. The molecule has 1 saturated heterocycles. The van der Waals surface area contributed by atoms with Gasteiger partial charge in [-0.1, -0.05) is 33.8 Å². The van der Waals surface area contributed by atoms with Crippen LogP contribution in [0.4, 0.5) is 8.78 Å². The summed E-state index contributed by atoms with van der Waals surface area (Å²) in [7, 11) is 0. The summed E-state index contributed by atoms with van der Waals surface area (Å²) >= 11 is 0. The molecule has 1 fully saturated rings. The predicted octanol–water partition coefficient (Wildman–Crippen LogP) is 3.56. The van der Waals surface area contributed by atoms with Crippen LogP contribution in [0.3, 0.4) is 0 Å². The van der Waals surface area contributed by atoms with Crippen LogP contribution in [-0.4, -0.2) is 30.1 Å². The van der Waals surface area contributed by atoms with Gasteiger partial charge < -0.3 is 5.32 Å². The van der Waals surface area contributed by atoms with Gasteiger partial charge in [-0.05, 0) is 17.9 Å². The standard InChI is InChI=1S/C17H26F2N2/c1-5-14-9-20-16(17(2,3)4)11-21(14)10-12-6-7-13(18)8-15(12)19/h6-8,14,16,20H,5,9-11H2,1-4H3. The Bertz CT molecular complexity index is 482. The zero-order valence-corrected chi connectivity index (χ0v) is 13.4. The Morgan fingerprint density at radius 1 is 1.29 bits per heavy atom. The lowest BCUT2D eigenvalue weighted by Crippen LogP contribution is -2.59. The number of nitrogens with one attached hydrogen (secondary N) is 1. The number of hydrogen-bond donors (Lipinski definition) is 1. The third-order valence-electron chi connectivity index (χ3n) is 4.44. The molecule has 0 aromatic heterocycles. The molecule has 4 heteroatoms. The molecule has 2 unspecified atom stereocenters. The molecular weight excluding hydrogens is 270 g/mol. The summed E-state index contributed by atoms with van der Waals surface area (Å²) in [4.78, 5) is 2.32. The SMILES string of the molecule is CCC1CNC(C(C)(C)C)CN1Cc1ccc(F)cc1F. The number of nitrogens with zero attached hydrogens (tertiary/aromatic N) is 1. The van der Waals surface area contributed by atoms with E-state index in [9.17, 15) is 8.78 Å². The van der Waals surface area contributed by atoms with Gasteiger partial charge in [0.05, 0.1) is 0 Å². The van der Waals surface area contributed by atoms with Crippen LogP contribution in [0, 0.1) is 17.0 Å². The van der Waals surface area contributed by atoms with Crippen LogP contribution in [0.15, 0.2) is 18.2 Å². The molecule has 21 heavy (non-hydrogen) atoms. The van der Waals surface area contributed by atoms with Crippen molar-refractivity contribution in [3.63, 3.8) is 0 Å². The van der Waals surface area contributed by atoms with Gasteiger partial charge in [-0.2, -0.15) is 0 Å². The number of piperazine rings is 1. The highest BCUT2D eigenvalue weighted by molar-refractivity contribution is 5.18. The maximum absolute atomic E-state index is 13.9. The Morgan fingerprint density at radius 3 is 2.57 bits per heavy atom. The monoisotopic (exact) mass is 296 g/mol. The van der Waals surface area contributed by atoms with Gasteiger partial charge in [0.1, 0.15) is 11.6 Å². The lowest BCUT2D eigenvalue weighted by Gasteiger charge is -2.45. The van der Waals surface area contributed by atoms with E-state index >= 15 is 0 Å². The highest BCUT2D eigenvalue weighted by atomic mass is 19.1. The molecule has 0 spiro atoms. The van der Waals surface area contributed by atoms with Gasteiger partial charge in [0, 0.05) is 43.3 Å². The molecule has 2 nitrogen and oxygen atoms in total. The van der Waals surface area contributed by atoms with E-state index in [-0.39, 0.29) is 5.41 Å². The molecule has 1 heterocycles. The van der Waals surface area contributed by atoms with Crippen molar-refractivity contribution < 1.29 is 8.78 Å². The van der Waals surface area contributed by atoms with Crippen LogP contribution < -0.4 is 5.32 Å². The number of rotatable bonds is 3. The quantitative estimate of drug-likeness (QED) is 0.917. The van der Waals surface area contributed by atoms with Crippen molar-refractivity contribution in [2.24, 2.45) is 5.41 Å². The molecule has 1 aromatic rings. The van der Waals surface area contributed by atoms with Crippen LogP contribution in [0.1, 0.15) is 39.7 Å². The van der Waals surface area contributed by atoms with Crippen molar-refractivity contribution in [2.75, 3.05) is 13.1 Å². The molecule has 0 amide bonds. The number of benzene rings is 1. The van der Waals surface area contributed by atoms with E-state index in [4.69, 9.17) is 0 Å². The minimum atomic E-state index is -0.517. The van der Waals surface area contributed by atoms with Crippen LogP contribution in [0.5, 0.6) is 0 Å². The van der Waals surface area contributed by atoms with Crippen molar-refractivity contribution in [3.8, 4) is 0 Å². The van der Waals surface area contributed by atoms with Gasteiger partial charge in [-0.3, -0.25) is 4.90 Å². The average Bonchev–Trinajstić information content (AvgIpc) is 2.41. The van der Waals surface area contributed by atoms with Crippen LogP contribution in [0.2, 0.25) is 0 Å². The summed E-state index contributed by atoms with van der Waals surface area (Å²) in [5, 5.41) is 3.60. The van der Waals surface area contributed by atoms with E-state index < -0.39 is 11.6 Å². The Kier molecular flexibility index (Phi) is 4.99. The summed E-state index contributed by atoms with van der Waals surface area (Å²) in [5.41, 5.74) is 0.739. The molecule has 0 aliphatic carbocycles. The van der Waals surface area contributed by atoms with Gasteiger partial charge in [-0.15, -0.1) is 0 Å². The zero-order chi connectivity index (χ0) is 15.6. The van der Waals surface area contributed by atoms with Crippen molar-refractivity contribution in [1.29, 1.82) is 0 Å². The van der Waals surface area contributed by atoms with Gasteiger partial charge in [0.25, 0.3) is 0 Å². The topological polar surface area (TPSA) is 15.3 Å². The third kappa shape index (κ3) is 4.01. The molecule has 1 aliphatic heterocycles. The van der Waals surface area contributed by atoms with Crippen LogP contribution in [-0.2, 0) is 6.54 Å².